The molecule has 0 atom stereocenters. The molecule has 0 saturated carbocycles. The van der Waals surface area contributed by atoms with Gasteiger partial charge in [-0.3, -0.25) is 4.79 Å². The number of aromatic amines is 1. The van der Waals surface area contributed by atoms with Gasteiger partial charge in [-0.15, -0.1) is 0 Å². The zero-order chi connectivity index (χ0) is 20.1. The number of benzene rings is 3. The third-order valence-corrected chi connectivity index (χ3v) is 4.52. The SMILES string of the molecule is COc1cc(C(=O)NCc2nc3ccccc3[nH]2)ccc1OCc1ccccc1. The molecule has 0 aliphatic heterocycles. The number of carbonyl (C=O) groups excluding carboxylic acids is 1. The van der Waals surface area contributed by atoms with E-state index in [1.165, 1.54) is 0 Å². The molecule has 0 bridgehead atoms. The smallest absolute Gasteiger partial charge is 0.251 e. The van der Waals surface area contributed by atoms with Crippen molar-refractivity contribution in [2.24, 2.45) is 0 Å². The third kappa shape index (κ3) is 4.38. The number of fused-ring (bicyclic) bond motifs is 1. The van der Waals surface area contributed by atoms with Crippen LogP contribution in [0.5, 0.6) is 11.5 Å². The van der Waals surface area contributed by atoms with Crippen LogP contribution in [0.2, 0.25) is 0 Å². The van der Waals surface area contributed by atoms with Gasteiger partial charge in [0.1, 0.15) is 12.4 Å². The van der Waals surface area contributed by atoms with Crippen molar-refractivity contribution < 1.29 is 14.3 Å². The molecular formula is C23H21N3O3. The first kappa shape index (κ1) is 18.6. The second kappa shape index (κ2) is 8.48. The van der Waals surface area contributed by atoms with Crippen molar-refractivity contribution >= 4 is 16.9 Å². The van der Waals surface area contributed by atoms with E-state index >= 15 is 0 Å². The molecule has 0 radical (unpaired) electrons. The van der Waals surface area contributed by atoms with Gasteiger partial charge < -0.3 is 19.8 Å². The first-order valence-corrected chi connectivity index (χ1v) is 9.29. The third-order valence-electron chi connectivity index (χ3n) is 4.52. The molecule has 0 saturated heterocycles. The molecule has 4 rings (SSSR count). The molecule has 6 heteroatoms. The zero-order valence-electron chi connectivity index (χ0n) is 16.0. The average molecular weight is 387 g/mol. The fourth-order valence-electron chi connectivity index (χ4n) is 3.02. The van der Waals surface area contributed by atoms with Gasteiger partial charge in [0.15, 0.2) is 11.5 Å². The highest BCUT2D eigenvalue weighted by Crippen LogP contribution is 2.29. The Morgan fingerprint density at radius 3 is 2.59 bits per heavy atom. The van der Waals surface area contributed by atoms with E-state index in [1.54, 1.807) is 25.3 Å². The number of rotatable bonds is 7. The van der Waals surface area contributed by atoms with Crippen molar-refractivity contribution in [2.45, 2.75) is 13.2 Å². The fraction of sp³-hybridized carbons (Fsp3) is 0.130. The first-order valence-electron chi connectivity index (χ1n) is 9.29. The number of hydrogen-bond acceptors (Lipinski definition) is 4. The van der Waals surface area contributed by atoms with E-state index in [1.807, 2.05) is 54.6 Å². The molecule has 0 unspecified atom stereocenters. The van der Waals surface area contributed by atoms with E-state index < -0.39 is 0 Å². The molecule has 0 fully saturated rings. The Kier molecular flexibility index (Phi) is 5.42. The number of carbonyl (C=O) groups is 1. The Bertz CT molecular complexity index is 1090. The van der Waals surface area contributed by atoms with Crippen molar-refractivity contribution in [1.82, 2.24) is 15.3 Å². The first-order chi connectivity index (χ1) is 14.2. The lowest BCUT2D eigenvalue weighted by atomic mass is 10.2. The van der Waals surface area contributed by atoms with Crippen LogP contribution in [0.1, 0.15) is 21.7 Å². The van der Waals surface area contributed by atoms with Crippen LogP contribution >= 0.6 is 0 Å². The lowest BCUT2D eigenvalue weighted by Gasteiger charge is -2.12. The molecule has 0 aliphatic rings. The molecule has 2 N–H and O–H groups in total. The summed E-state index contributed by atoms with van der Waals surface area (Å²) in [4.78, 5) is 20.2. The second-order valence-corrected chi connectivity index (χ2v) is 6.52. The number of nitrogens with one attached hydrogen (secondary N) is 2. The molecule has 1 heterocycles. The molecule has 6 nitrogen and oxygen atoms in total. The summed E-state index contributed by atoms with van der Waals surface area (Å²) in [7, 11) is 1.56. The molecular weight excluding hydrogens is 366 g/mol. The van der Waals surface area contributed by atoms with Crippen LogP contribution in [0.25, 0.3) is 11.0 Å². The molecule has 1 amide bonds. The van der Waals surface area contributed by atoms with Crippen molar-refractivity contribution in [3.05, 3.63) is 89.7 Å². The number of nitrogens with zero attached hydrogens (tertiary/aromatic N) is 1. The Morgan fingerprint density at radius 2 is 1.79 bits per heavy atom. The highest BCUT2D eigenvalue weighted by Gasteiger charge is 2.12. The maximum atomic E-state index is 12.5. The summed E-state index contributed by atoms with van der Waals surface area (Å²) in [5.41, 5.74) is 3.36. The minimum absolute atomic E-state index is 0.210. The number of ether oxygens (including phenoxy) is 2. The van der Waals surface area contributed by atoms with Gasteiger partial charge in [-0.2, -0.15) is 0 Å². The fourth-order valence-corrected chi connectivity index (χ4v) is 3.02. The van der Waals surface area contributed by atoms with Crippen molar-refractivity contribution in [3.63, 3.8) is 0 Å². The van der Waals surface area contributed by atoms with Crippen LogP contribution in [0.3, 0.4) is 0 Å². The van der Waals surface area contributed by atoms with Gasteiger partial charge in [0.05, 0.1) is 24.7 Å². The van der Waals surface area contributed by atoms with Crippen molar-refractivity contribution in [1.29, 1.82) is 0 Å². The van der Waals surface area contributed by atoms with Gasteiger partial charge in [-0.25, -0.2) is 4.98 Å². The second-order valence-electron chi connectivity index (χ2n) is 6.52. The summed E-state index contributed by atoms with van der Waals surface area (Å²) in [5, 5.41) is 2.88. The highest BCUT2D eigenvalue weighted by molar-refractivity contribution is 5.94. The number of aromatic nitrogens is 2. The Hall–Kier alpha value is -3.80. The van der Waals surface area contributed by atoms with Gasteiger partial charge in [0.25, 0.3) is 5.91 Å². The van der Waals surface area contributed by atoms with Crippen LogP contribution in [0, 0.1) is 0 Å². The van der Waals surface area contributed by atoms with E-state index in [9.17, 15) is 4.79 Å². The molecule has 0 spiro atoms. The average Bonchev–Trinajstić information content (AvgIpc) is 3.19. The number of imidazole rings is 1. The molecule has 4 aromatic rings. The van der Waals surface area contributed by atoms with E-state index in [2.05, 4.69) is 15.3 Å². The van der Waals surface area contributed by atoms with Crippen molar-refractivity contribution in [2.75, 3.05) is 7.11 Å². The predicted octanol–water partition coefficient (Wildman–Crippen LogP) is 4.08. The van der Waals surface area contributed by atoms with Gasteiger partial charge >= 0.3 is 0 Å². The monoisotopic (exact) mass is 387 g/mol. The molecule has 146 valence electrons. The van der Waals surface area contributed by atoms with Crippen LogP contribution in [0.4, 0.5) is 0 Å². The van der Waals surface area contributed by atoms with E-state index in [-0.39, 0.29) is 5.91 Å². The quantitative estimate of drug-likeness (QED) is 0.501. The standard InChI is InChI=1S/C23H21N3O3/c1-28-21-13-17(11-12-20(21)29-15-16-7-3-2-4-8-16)23(27)24-14-22-25-18-9-5-6-10-19(18)26-22/h2-13H,14-15H2,1H3,(H,24,27)(H,25,26). The maximum absolute atomic E-state index is 12.5. The van der Waals surface area contributed by atoms with Gasteiger partial charge in [0, 0.05) is 5.56 Å². The van der Waals surface area contributed by atoms with E-state index in [0.29, 0.717) is 36.0 Å². The lowest BCUT2D eigenvalue weighted by Crippen LogP contribution is -2.23. The largest absolute Gasteiger partial charge is 0.493 e. The van der Waals surface area contributed by atoms with E-state index in [4.69, 9.17) is 9.47 Å². The summed E-state index contributed by atoms with van der Waals surface area (Å²) in [5.74, 6) is 1.59. The summed E-state index contributed by atoms with van der Waals surface area (Å²) >= 11 is 0. The summed E-state index contributed by atoms with van der Waals surface area (Å²) in [6.45, 7) is 0.733. The van der Waals surface area contributed by atoms with Gasteiger partial charge in [0.2, 0.25) is 0 Å². The number of methoxy groups -OCH3 is 1. The minimum Gasteiger partial charge on any atom is -0.493 e. The zero-order valence-corrected chi connectivity index (χ0v) is 16.0. The van der Waals surface area contributed by atoms with Crippen LogP contribution < -0.4 is 14.8 Å². The number of hydrogen-bond donors (Lipinski definition) is 2. The summed E-state index contributed by atoms with van der Waals surface area (Å²) in [6, 6.07) is 22.8. The Morgan fingerprint density at radius 1 is 1.00 bits per heavy atom. The van der Waals surface area contributed by atoms with Crippen LogP contribution in [-0.2, 0) is 13.2 Å². The molecule has 3 aromatic carbocycles. The highest BCUT2D eigenvalue weighted by atomic mass is 16.5. The summed E-state index contributed by atoms with van der Waals surface area (Å²) < 4.78 is 11.2. The number of para-hydroxylation sites is 2. The molecule has 0 aliphatic carbocycles. The van der Waals surface area contributed by atoms with Gasteiger partial charge in [-0.1, -0.05) is 42.5 Å². The molecule has 29 heavy (non-hydrogen) atoms. The normalized spacial score (nSPS) is 10.7. The number of H-pyrrole nitrogens is 1. The van der Waals surface area contributed by atoms with Crippen LogP contribution in [-0.4, -0.2) is 23.0 Å². The minimum atomic E-state index is -0.210. The van der Waals surface area contributed by atoms with Crippen LogP contribution in [0.15, 0.2) is 72.8 Å². The molecule has 1 aromatic heterocycles. The maximum Gasteiger partial charge on any atom is 0.251 e. The summed E-state index contributed by atoms with van der Waals surface area (Å²) in [6.07, 6.45) is 0. The Labute approximate surface area is 168 Å². The lowest BCUT2D eigenvalue weighted by molar-refractivity contribution is 0.0949. The predicted molar refractivity (Wildman–Crippen MR) is 111 cm³/mol. The van der Waals surface area contributed by atoms with Gasteiger partial charge in [-0.05, 0) is 35.9 Å². The topological polar surface area (TPSA) is 76.2 Å². The Balaban J connectivity index is 1.41. The van der Waals surface area contributed by atoms with Crippen molar-refractivity contribution in [3.8, 4) is 11.5 Å². The number of amides is 1. The van der Waals surface area contributed by atoms with E-state index in [0.717, 1.165) is 16.6 Å².